The van der Waals surface area contributed by atoms with E-state index in [0.29, 0.717) is 16.7 Å². The molecule has 1 aromatic rings. The lowest BCUT2D eigenvalue weighted by Crippen LogP contribution is -1.95. The van der Waals surface area contributed by atoms with Crippen LogP contribution in [0.2, 0.25) is 0 Å². The fourth-order valence-corrected chi connectivity index (χ4v) is 1.60. The zero-order valence-corrected chi connectivity index (χ0v) is 11.1. The van der Waals surface area contributed by atoms with E-state index in [1.165, 1.54) is 6.07 Å². The van der Waals surface area contributed by atoms with Crippen molar-refractivity contribution < 1.29 is 8.78 Å². The minimum Gasteiger partial charge on any atom is -0.246 e. The smallest absolute Gasteiger partial charge is 0.131 e. The van der Waals surface area contributed by atoms with Crippen LogP contribution in [-0.4, -0.2) is 6.67 Å². The number of halogens is 2. The molecule has 0 bridgehead atoms. The highest BCUT2D eigenvalue weighted by atomic mass is 19.1. The van der Waals surface area contributed by atoms with Gasteiger partial charge in [0, 0.05) is 5.56 Å². The molecule has 1 aromatic carbocycles. The molecule has 0 saturated carbocycles. The second-order valence-corrected chi connectivity index (χ2v) is 4.30. The molecule has 0 fully saturated rings. The van der Waals surface area contributed by atoms with Crippen LogP contribution in [0.25, 0.3) is 5.57 Å². The Morgan fingerprint density at radius 2 is 2.06 bits per heavy atom. The van der Waals surface area contributed by atoms with Crippen LogP contribution >= 0.6 is 0 Å². The zero-order valence-electron chi connectivity index (χ0n) is 11.1. The third-order valence-corrected chi connectivity index (χ3v) is 2.84. The van der Waals surface area contributed by atoms with Gasteiger partial charge in [0.25, 0.3) is 0 Å². The molecule has 0 nitrogen and oxygen atoms in total. The average molecular weight is 248 g/mol. The first-order valence-electron chi connectivity index (χ1n) is 5.84. The van der Waals surface area contributed by atoms with Crippen molar-refractivity contribution in [1.29, 1.82) is 0 Å². The number of alkyl halides is 1. The molecule has 0 amide bonds. The van der Waals surface area contributed by atoms with Crippen molar-refractivity contribution >= 4 is 5.57 Å². The van der Waals surface area contributed by atoms with Crippen LogP contribution in [-0.2, 0) is 0 Å². The Labute approximate surface area is 107 Å². The molecular weight excluding hydrogens is 230 g/mol. The number of rotatable bonds is 4. The predicted octanol–water partition coefficient (Wildman–Crippen LogP) is 5.01. The molecule has 1 rings (SSSR count). The van der Waals surface area contributed by atoms with Crippen molar-refractivity contribution in [1.82, 2.24) is 0 Å². The van der Waals surface area contributed by atoms with Crippen molar-refractivity contribution in [2.75, 3.05) is 6.67 Å². The molecule has 0 aliphatic heterocycles. The van der Waals surface area contributed by atoms with Crippen molar-refractivity contribution in [3.8, 4) is 0 Å². The summed E-state index contributed by atoms with van der Waals surface area (Å²) < 4.78 is 26.8. The van der Waals surface area contributed by atoms with Gasteiger partial charge in [-0.2, -0.15) is 0 Å². The summed E-state index contributed by atoms with van der Waals surface area (Å²) in [5.41, 5.74) is 2.92. The molecule has 0 saturated heterocycles. The molecule has 96 valence electrons. The van der Waals surface area contributed by atoms with Gasteiger partial charge in [0.1, 0.15) is 12.5 Å². The first-order valence-corrected chi connectivity index (χ1v) is 5.84. The van der Waals surface area contributed by atoms with Crippen molar-refractivity contribution in [2.45, 2.75) is 20.8 Å². The number of hydrogen-bond donors (Lipinski definition) is 0. The van der Waals surface area contributed by atoms with E-state index in [2.05, 4.69) is 6.58 Å². The Hall–Kier alpha value is -1.70. The van der Waals surface area contributed by atoms with Gasteiger partial charge >= 0.3 is 0 Å². The Kier molecular flexibility index (Phi) is 5.02. The molecule has 0 spiro atoms. The molecule has 0 N–H and O–H groups in total. The molecule has 0 atom stereocenters. The van der Waals surface area contributed by atoms with Crippen LogP contribution in [0.4, 0.5) is 8.78 Å². The maximum Gasteiger partial charge on any atom is 0.131 e. The topological polar surface area (TPSA) is 0 Å². The standard InChI is InChI=1S/C16H18F2/c1-5-11(2)8-14(10-17)13(4)15-7-6-12(3)9-16(15)18/h5-9H,4,10H2,1-3H3/b11-5-,14-8-. The van der Waals surface area contributed by atoms with Gasteiger partial charge in [-0.25, -0.2) is 8.78 Å². The molecule has 0 unspecified atom stereocenters. The third kappa shape index (κ3) is 3.39. The van der Waals surface area contributed by atoms with Crippen LogP contribution < -0.4 is 0 Å². The summed E-state index contributed by atoms with van der Waals surface area (Å²) in [6.07, 6.45) is 3.57. The van der Waals surface area contributed by atoms with Gasteiger partial charge in [-0.1, -0.05) is 36.4 Å². The minimum atomic E-state index is -0.655. The average Bonchev–Trinajstić information content (AvgIpc) is 2.34. The van der Waals surface area contributed by atoms with E-state index in [0.717, 1.165) is 11.1 Å². The Balaban J connectivity index is 3.16. The molecule has 18 heavy (non-hydrogen) atoms. The van der Waals surface area contributed by atoms with E-state index in [1.807, 2.05) is 26.8 Å². The van der Waals surface area contributed by atoms with Gasteiger partial charge in [0.2, 0.25) is 0 Å². The minimum absolute atomic E-state index is 0.355. The normalized spacial score (nSPS) is 12.7. The number of benzene rings is 1. The monoisotopic (exact) mass is 248 g/mol. The lowest BCUT2D eigenvalue weighted by atomic mass is 9.97. The van der Waals surface area contributed by atoms with Gasteiger partial charge in [-0.3, -0.25) is 0 Å². The van der Waals surface area contributed by atoms with Crippen molar-refractivity contribution in [2.24, 2.45) is 0 Å². The summed E-state index contributed by atoms with van der Waals surface area (Å²) in [5.74, 6) is -0.363. The largest absolute Gasteiger partial charge is 0.246 e. The fraction of sp³-hybridized carbons (Fsp3) is 0.250. The third-order valence-electron chi connectivity index (χ3n) is 2.84. The van der Waals surface area contributed by atoms with Crippen LogP contribution in [0, 0.1) is 12.7 Å². The number of hydrogen-bond acceptors (Lipinski definition) is 0. The summed E-state index contributed by atoms with van der Waals surface area (Å²) in [7, 11) is 0. The van der Waals surface area contributed by atoms with E-state index in [4.69, 9.17) is 0 Å². The van der Waals surface area contributed by atoms with Crippen LogP contribution in [0.3, 0.4) is 0 Å². The lowest BCUT2D eigenvalue weighted by molar-refractivity contribution is 0.550. The van der Waals surface area contributed by atoms with Crippen LogP contribution in [0.5, 0.6) is 0 Å². The molecule has 0 aromatic heterocycles. The number of allylic oxidation sites excluding steroid dienone is 5. The fourth-order valence-electron chi connectivity index (χ4n) is 1.60. The Bertz CT molecular complexity index is 508. The summed E-state index contributed by atoms with van der Waals surface area (Å²) in [5, 5.41) is 0. The summed E-state index contributed by atoms with van der Waals surface area (Å²) in [6, 6.07) is 4.86. The van der Waals surface area contributed by atoms with Crippen LogP contribution in [0.15, 0.2) is 48.1 Å². The maximum atomic E-state index is 13.8. The zero-order chi connectivity index (χ0) is 13.7. The van der Waals surface area contributed by atoms with Gasteiger partial charge in [0.05, 0.1) is 0 Å². The van der Waals surface area contributed by atoms with Gasteiger partial charge in [-0.05, 0) is 43.5 Å². The number of aryl methyl sites for hydroxylation is 1. The van der Waals surface area contributed by atoms with Crippen molar-refractivity contribution in [3.05, 3.63) is 65.0 Å². The van der Waals surface area contributed by atoms with Gasteiger partial charge < -0.3 is 0 Å². The second-order valence-electron chi connectivity index (χ2n) is 4.30. The maximum absolute atomic E-state index is 13.8. The SMILES string of the molecule is C=C(/C(=C\C(C)=C/C)CF)c1ccc(C)cc1F. The van der Waals surface area contributed by atoms with E-state index in [1.54, 1.807) is 18.2 Å². The summed E-state index contributed by atoms with van der Waals surface area (Å²) in [4.78, 5) is 0. The molecule has 0 heterocycles. The highest BCUT2D eigenvalue weighted by molar-refractivity contribution is 5.78. The molecule has 0 radical (unpaired) electrons. The van der Waals surface area contributed by atoms with E-state index >= 15 is 0 Å². The molecule has 2 heteroatoms. The van der Waals surface area contributed by atoms with E-state index in [9.17, 15) is 8.78 Å². The van der Waals surface area contributed by atoms with Gasteiger partial charge in [-0.15, -0.1) is 0 Å². The van der Waals surface area contributed by atoms with E-state index in [-0.39, 0.29) is 5.82 Å². The van der Waals surface area contributed by atoms with E-state index < -0.39 is 6.67 Å². The first kappa shape index (κ1) is 14.4. The first-order chi connectivity index (χ1) is 8.49. The highest BCUT2D eigenvalue weighted by Gasteiger charge is 2.10. The Morgan fingerprint density at radius 3 is 2.56 bits per heavy atom. The molecule has 0 aliphatic carbocycles. The quantitative estimate of drug-likeness (QED) is 0.657. The predicted molar refractivity (Wildman–Crippen MR) is 73.7 cm³/mol. The lowest BCUT2D eigenvalue weighted by Gasteiger charge is -2.10. The summed E-state index contributed by atoms with van der Waals surface area (Å²) >= 11 is 0. The Morgan fingerprint density at radius 1 is 1.39 bits per heavy atom. The summed E-state index contributed by atoms with van der Waals surface area (Å²) in [6.45, 7) is 8.70. The second kappa shape index (κ2) is 6.29. The molecular formula is C16H18F2. The van der Waals surface area contributed by atoms with Crippen LogP contribution in [0.1, 0.15) is 25.0 Å². The van der Waals surface area contributed by atoms with Gasteiger partial charge in [0.15, 0.2) is 0 Å². The van der Waals surface area contributed by atoms with Crippen molar-refractivity contribution in [3.63, 3.8) is 0 Å². The molecule has 0 aliphatic rings. The highest BCUT2D eigenvalue weighted by Crippen LogP contribution is 2.25.